The molecule has 0 rings (SSSR count). The molecule has 9 nitrogen and oxygen atoms in total. The van der Waals surface area contributed by atoms with Crippen LogP contribution in [0.4, 0.5) is 0 Å². The molecule has 3 N–H and O–H groups in total. The van der Waals surface area contributed by atoms with Crippen molar-refractivity contribution in [3.05, 3.63) is 12.2 Å². The van der Waals surface area contributed by atoms with E-state index in [1.807, 2.05) is 0 Å². The number of unbranched alkanes of at least 4 members (excludes halogenated alkanes) is 39. The molecule has 0 saturated carbocycles. The van der Waals surface area contributed by atoms with E-state index in [1.54, 1.807) is 0 Å². The highest BCUT2D eigenvalue weighted by molar-refractivity contribution is 7.47. The Labute approximate surface area is 402 Å². The molecular weight excluding hydrogens is 834 g/mol. The third-order valence-corrected chi connectivity index (χ3v) is 13.6. The van der Waals surface area contributed by atoms with Crippen molar-refractivity contribution >= 4 is 19.8 Å². The van der Waals surface area contributed by atoms with Crippen LogP contribution in [0.3, 0.4) is 0 Å². The van der Waals surface area contributed by atoms with Gasteiger partial charge < -0.3 is 20.1 Å². The molecule has 0 aromatic carbocycles. The van der Waals surface area contributed by atoms with Crippen molar-refractivity contribution in [3.63, 3.8) is 0 Å². The number of hydrogen-bond donors (Lipinski definition) is 2. The van der Waals surface area contributed by atoms with E-state index in [2.05, 4.69) is 26.0 Å². The fourth-order valence-electron chi connectivity index (χ4n) is 8.46. The molecule has 0 bridgehead atoms. The maximum atomic E-state index is 12.6. The molecule has 0 spiro atoms. The minimum absolute atomic E-state index is 0.0552. The number of carbonyl (C=O) groups is 2. The Morgan fingerprint density at radius 2 is 0.754 bits per heavy atom. The van der Waals surface area contributed by atoms with Crippen LogP contribution in [0, 0.1) is 0 Å². The van der Waals surface area contributed by atoms with E-state index in [0.29, 0.717) is 6.42 Å². The third kappa shape index (κ3) is 52.0. The summed E-state index contributed by atoms with van der Waals surface area (Å²) in [5.74, 6) is -0.821. The molecule has 0 aliphatic heterocycles. The van der Waals surface area contributed by atoms with Crippen LogP contribution in [0.25, 0.3) is 0 Å². The van der Waals surface area contributed by atoms with Crippen LogP contribution in [0.5, 0.6) is 0 Å². The number of carbonyl (C=O) groups excluding carboxylic acids is 2. The van der Waals surface area contributed by atoms with E-state index in [0.717, 1.165) is 51.4 Å². The van der Waals surface area contributed by atoms with Gasteiger partial charge >= 0.3 is 19.8 Å². The van der Waals surface area contributed by atoms with Gasteiger partial charge in [0.15, 0.2) is 6.10 Å². The number of allylic oxidation sites excluding steroid dienone is 2. The van der Waals surface area contributed by atoms with Gasteiger partial charge in [-0.15, -0.1) is 0 Å². The van der Waals surface area contributed by atoms with Gasteiger partial charge in [0.2, 0.25) is 0 Å². The number of nitrogens with two attached hydrogens (primary N) is 1. The Kier molecular flexibility index (Phi) is 51.1. The molecule has 2 atom stereocenters. The highest BCUT2D eigenvalue weighted by Gasteiger charge is 2.26. The van der Waals surface area contributed by atoms with Crippen LogP contribution in [0.15, 0.2) is 12.2 Å². The summed E-state index contributed by atoms with van der Waals surface area (Å²) in [6.07, 6.45) is 58.5. The van der Waals surface area contributed by atoms with Crippen molar-refractivity contribution in [2.75, 3.05) is 26.4 Å². The topological polar surface area (TPSA) is 134 Å². The third-order valence-electron chi connectivity index (χ3n) is 12.7. The Balaban J connectivity index is 3.86. The monoisotopic (exact) mass is 942 g/mol. The van der Waals surface area contributed by atoms with Gasteiger partial charge in [0.05, 0.1) is 13.2 Å². The van der Waals surface area contributed by atoms with Gasteiger partial charge in [-0.1, -0.05) is 257 Å². The van der Waals surface area contributed by atoms with Crippen molar-refractivity contribution in [2.45, 2.75) is 302 Å². The number of phosphoric ester groups is 1. The first-order valence-electron chi connectivity index (χ1n) is 28.2. The zero-order valence-electron chi connectivity index (χ0n) is 43.0. The first-order valence-corrected chi connectivity index (χ1v) is 29.7. The minimum Gasteiger partial charge on any atom is -0.462 e. The molecule has 0 aliphatic carbocycles. The van der Waals surface area contributed by atoms with Crippen LogP contribution in [-0.4, -0.2) is 49.3 Å². The van der Waals surface area contributed by atoms with Gasteiger partial charge in [-0.2, -0.15) is 0 Å². The van der Waals surface area contributed by atoms with Gasteiger partial charge in [-0.3, -0.25) is 18.6 Å². The second kappa shape index (κ2) is 52.1. The van der Waals surface area contributed by atoms with Gasteiger partial charge in [-0.25, -0.2) is 4.57 Å². The molecule has 2 unspecified atom stereocenters. The molecule has 10 heteroatoms. The van der Waals surface area contributed by atoms with Crippen LogP contribution < -0.4 is 5.73 Å². The summed E-state index contributed by atoms with van der Waals surface area (Å²) in [7, 11) is -4.38. The Morgan fingerprint density at radius 3 is 1.09 bits per heavy atom. The number of esters is 2. The van der Waals surface area contributed by atoms with Crippen molar-refractivity contribution in [1.82, 2.24) is 0 Å². The maximum absolute atomic E-state index is 12.6. The van der Waals surface area contributed by atoms with E-state index in [9.17, 15) is 19.0 Å². The van der Waals surface area contributed by atoms with Crippen molar-refractivity contribution in [2.24, 2.45) is 5.73 Å². The standard InChI is InChI=1S/C55H108NO8P/c1-3-5-7-9-11-13-15-17-19-20-21-22-23-24-25-26-27-28-29-30-31-32-34-35-37-39-41-43-45-47-54(57)61-51-53(52-63-65(59,60)62-50-49-56)64-55(58)48-46-44-42-40-38-36-33-18-16-14-12-10-8-6-4-2/h18,33,53H,3-17,19-32,34-52,56H2,1-2H3,(H,59,60)/b33-18-. The van der Waals surface area contributed by atoms with E-state index in [-0.39, 0.29) is 38.6 Å². The molecular formula is C55H108NO8P. The maximum Gasteiger partial charge on any atom is 0.472 e. The largest absolute Gasteiger partial charge is 0.472 e. The summed E-state index contributed by atoms with van der Waals surface area (Å²) in [5.41, 5.74) is 5.37. The molecule has 0 aliphatic rings. The second-order valence-corrected chi connectivity index (χ2v) is 20.6. The Hall–Kier alpha value is -1.25. The van der Waals surface area contributed by atoms with E-state index in [4.69, 9.17) is 24.3 Å². The molecule has 65 heavy (non-hydrogen) atoms. The van der Waals surface area contributed by atoms with Crippen LogP contribution in [0.1, 0.15) is 296 Å². The molecule has 0 amide bonds. The number of ether oxygens (including phenoxy) is 2. The zero-order valence-corrected chi connectivity index (χ0v) is 43.9. The predicted molar refractivity (Wildman–Crippen MR) is 275 cm³/mol. The lowest BCUT2D eigenvalue weighted by atomic mass is 10.0. The molecule has 0 radical (unpaired) electrons. The fourth-order valence-corrected chi connectivity index (χ4v) is 9.22. The SMILES string of the molecule is CCCCCCCC/C=C\CCCCCCCC(=O)OC(COC(=O)CCCCCCCCCCCCCCCCCCCCCCCCCCCCCCC)COP(=O)(O)OCCN. The van der Waals surface area contributed by atoms with Crippen molar-refractivity contribution < 1.29 is 37.6 Å². The molecule has 0 saturated heterocycles. The van der Waals surface area contributed by atoms with Crippen molar-refractivity contribution in [3.8, 4) is 0 Å². The summed E-state index contributed by atoms with van der Waals surface area (Å²) < 4.78 is 32.9. The number of hydrogen-bond acceptors (Lipinski definition) is 8. The summed E-state index contributed by atoms with van der Waals surface area (Å²) >= 11 is 0. The quantitative estimate of drug-likeness (QED) is 0.0264. The average Bonchev–Trinajstić information content (AvgIpc) is 3.30. The normalized spacial score (nSPS) is 13.1. The lowest BCUT2D eigenvalue weighted by molar-refractivity contribution is -0.161. The first kappa shape index (κ1) is 63.8. The summed E-state index contributed by atoms with van der Waals surface area (Å²) in [6.45, 7) is 3.78. The molecule has 0 aromatic heterocycles. The lowest BCUT2D eigenvalue weighted by Gasteiger charge is -2.19. The van der Waals surface area contributed by atoms with Gasteiger partial charge in [-0.05, 0) is 38.5 Å². The highest BCUT2D eigenvalue weighted by Crippen LogP contribution is 2.43. The predicted octanol–water partition coefficient (Wildman–Crippen LogP) is 17.3. The molecule has 386 valence electrons. The van der Waals surface area contributed by atoms with Crippen LogP contribution in [0.2, 0.25) is 0 Å². The second-order valence-electron chi connectivity index (χ2n) is 19.2. The zero-order chi connectivity index (χ0) is 47.4. The Bertz CT molecular complexity index is 1070. The van der Waals surface area contributed by atoms with E-state index < -0.39 is 26.5 Å². The number of phosphoric acid groups is 1. The average molecular weight is 942 g/mol. The smallest absolute Gasteiger partial charge is 0.462 e. The summed E-state index contributed by atoms with van der Waals surface area (Å²) in [4.78, 5) is 35.1. The lowest BCUT2D eigenvalue weighted by Crippen LogP contribution is -2.29. The Morgan fingerprint density at radius 1 is 0.446 bits per heavy atom. The van der Waals surface area contributed by atoms with Crippen LogP contribution >= 0.6 is 7.82 Å². The highest BCUT2D eigenvalue weighted by atomic mass is 31.2. The molecule has 0 heterocycles. The number of rotatable bonds is 54. The molecule has 0 aromatic rings. The molecule has 0 fully saturated rings. The van der Waals surface area contributed by atoms with Crippen LogP contribution in [-0.2, 0) is 32.7 Å². The fraction of sp³-hybridized carbons (Fsp3) is 0.927. The van der Waals surface area contributed by atoms with Gasteiger partial charge in [0, 0.05) is 19.4 Å². The van der Waals surface area contributed by atoms with Gasteiger partial charge in [0.1, 0.15) is 6.61 Å². The van der Waals surface area contributed by atoms with Crippen molar-refractivity contribution in [1.29, 1.82) is 0 Å². The summed E-state index contributed by atoms with van der Waals surface area (Å²) in [6, 6.07) is 0. The summed E-state index contributed by atoms with van der Waals surface area (Å²) in [5, 5.41) is 0. The van der Waals surface area contributed by atoms with Gasteiger partial charge in [0.25, 0.3) is 0 Å². The first-order chi connectivity index (χ1) is 31.8. The van der Waals surface area contributed by atoms with E-state index in [1.165, 1.54) is 212 Å². The van der Waals surface area contributed by atoms with E-state index >= 15 is 0 Å². The minimum atomic E-state index is -4.38.